The molecule has 2 atom stereocenters. The summed E-state index contributed by atoms with van der Waals surface area (Å²) in [7, 11) is 0. The molecule has 1 saturated heterocycles. The van der Waals surface area contributed by atoms with Gasteiger partial charge in [-0.3, -0.25) is 4.48 Å². The van der Waals surface area contributed by atoms with Crippen molar-refractivity contribution >= 4 is 5.91 Å². The van der Waals surface area contributed by atoms with Crippen molar-refractivity contribution in [1.82, 2.24) is 0 Å². The Balaban J connectivity index is 2.78. The van der Waals surface area contributed by atoms with Gasteiger partial charge in [-0.05, 0) is 12.8 Å². The highest BCUT2D eigenvalue weighted by molar-refractivity contribution is 5.66. The second kappa shape index (κ2) is 4.43. The third kappa shape index (κ3) is 2.00. The molecule has 0 saturated carbocycles. The first-order chi connectivity index (χ1) is 6.53. The Labute approximate surface area is 87.9 Å². The lowest BCUT2D eigenvalue weighted by molar-refractivity contribution is -0.865. The third-order valence-corrected chi connectivity index (χ3v) is 3.73. The molecule has 82 valence electrons. The molecule has 2 heteroatoms. The van der Waals surface area contributed by atoms with E-state index in [1.807, 2.05) is 0 Å². The van der Waals surface area contributed by atoms with Gasteiger partial charge in [0, 0.05) is 19.3 Å². The van der Waals surface area contributed by atoms with Gasteiger partial charge in [-0.1, -0.05) is 13.8 Å². The highest BCUT2D eigenvalue weighted by atomic mass is 16.2. The van der Waals surface area contributed by atoms with Gasteiger partial charge in [-0.25, -0.2) is 4.79 Å². The lowest BCUT2D eigenvalue weighted by atomic mass is 10.0. The predicted octanol–water partition coefficient (Wildman–Crippen LogP) is 2.58. The van der Waals surface area contributed by atoms with Crippen LogP contribution in [0.1, 0.15) is 47.0 Å². The summed E-state index contributed by atoms with van der Waals surface area (Å²) in [6.45, 7) is 10.5. The van der Waals surface area contributed by atoms with Crippen LogP contribution in [0, 0.1) is 5.92 Å². The van der Waals surface area contributed by atoms with Crippen LogP contribution in [0.3, 0.4) is 0 Å². The van der Waals surface area contributed by atoms with Crippen LogP contribution in [0.25, 0.3) is 0 Å². The second-order valence-electron chi connectivity index (χ2n) is 5.02. The summed E-state index contributed by atoms with van der Waals surface area (Å²) in [4.78, 5) is 11.8. The Morgan fingerprint density at radius 1 is 1.50 bits per heavy atom. The molecule has 0 radical (unpaired) electrons. The largest absolute Gasteiger partial charge is 0.310 e. The van der Waals surface area contributed by atoms with E-state index in [1.165, 1.54) is 19.3 Å². The molecule has 1 aliphatic heterocycles. The molecule has 14 heavy (non-hydrogen) atoms. The van der Waals surface area contributed by atoms with Crippen molar-refractivity contribution < 1.29 is 9.28 Å². The fourth-order valence-electron chi connectivity index (χ4n) is 2.96. The number of rotatable bonds is 3. The lowest BCUT2D eigenvalue weighted by Crippen LogP contribution is -2.55. The summed E-state index contributed by atoms with van der Waals surface area (Å²) in [5.41, 5.74) is 0. The average molecular weight is 198 g/mol. The summed E-state index contributed by atoms with van der Waals surface area (Å²) in [6.07, 6.45) is 3.67. The first-order valence-corrected chi connectivity index (χ1v) is 5.90. The Hall–Kier alpha value is -0.370. The van der Waals surface area contributed by atoms with E-state index >= 15 is 0 Å². The standard InChI is InChI=1S/C12H24NO/c1-5-13(11(4)14)8-6-7-12(13)9-10(2)3/h10,12H,5-9H2,1-4H3/q+1. The highest BCUT2D eigenvalue weighted by Gasteiger charge is 2.44. The van der Waals surface area contributed by atoms with Crippen molar-refractivity contribution in [1.29, 1.82) is 0 Å². The maximum Gasteiger partial charge on any atom is 0.310 e. The molecule has 1 aliphatic rings. The van der Waals surface area contributed by atoms with Gasteiger partial charge in [0.1, 0.15) is 0 Å². The van der Waals surface area contributed by atoms with Gasteiger partial charge in [0.05, 0.1) is 26.1 Å². The summed E-state index contributed by atoms with van der Waals surface area (Å²) >= 11 is 0. The van der Waals surface area contributed by atoms with E-state index in [2.05, 4.69) is 20.8 Å². The SMILES string of the molecule is CC[N+]1(C(C)=O)CCCC1CC(C)C. The number of carbonyl (C=O) groups excluding carboxylic acids is 1. The molecule has 0 aromatic heterocycles. The van der Waals surface area contributed by atoms with Gasteiger partial charge in [-0.2, -0.15) is 0 Å². The molecule has 0 aliphatic carbocycles. The van der Waals surface area contributed by atoms with Crippen molar-refractivity contribution in [3.8, 4) is 0 Å². The molecule has 2 nitrogen and oxygen atoms in total. The third-order valence-electron chi connectivity index (χ3n) is 3.73. The summed E-state index contributed by atoms with van der Waals surface area (Å²) < 4.78 is 0.748. The number of quaternary nitrogens is 1. The second-order valence-corrected chi connectivity index (χ2v) is 5.02. The van der Waals surface area contributed by atoms with E-state index in [4.69, 9.17) is 0 Å². The zero-order chi connectivity index (χ0) is 10.8. The zero-order valence-electron chi connectivity index (χ0n) is 10.0. The van der Waals surface area contributed by atoms with Crippen LogP contribution in [0.4, 0.5) is 0 Å². The average Bonchev–Trinajstić information content (AvgIpc) is 2.47. The Morgan fingerprint density at radius 2 is 2.14 bits per heavy atom. The van der Waals surface area contributed by atoms with E-state index < -0.39 is 0 Å². The topological polar surface area (TPSA) is 17.1 Å². The molecule has 0 spiro atoms. The Kier molecular flexibility index (Phi) is 3.71. The Morgan fingerprint density at radius 3 is 2.57 bits per heavy atom. The normalized spacial score (nSPS) is 32.5. The van der Waals surface area contributed by atoms with E-state index in [-0.39, 0.29) is 0 Å². The quantitative estimate of drug-likeness (QED) is 0.637. The van der Waals surface area contributed by atoms with Crippen LogP contribution in [0.2, 0.25) is 0 Å². The van der Waals surface area contributed by atoms with Gasteiger partial charge >= 0.3 is 5.91 Å². The predicted molar refractivity (Wildman–Crippen MR) is 58.8 cm³/mol. The van der Waals surface area contributed by atoms with E-state index in [0.29, 0.717) is 17.9 Å². The molecule has 0 aromatic carbocycles. The summed E-state index contributed by atoms with van der Waals surface area (Å²) in [6, 6.07) is 0.595. The number of nitrogens with zero attached hydrogens (tertiary/aromatic N) is 1. The maximum absolute atomic E-state index is 11.8. The van der Waals surface area contributed by atoms with Crippen LogP contribution in [0.15, 0.2) is 0 Å². The van der Waals surface area contributed by atoms with Gasteiger partial charge < -0.3 is 0 Å². The van der Waals surface area contributed by atoms with Crippen LogP contribution in [0.5, 0.6) is 0 Å². The fourth-order valence-corrected chi connectivity index (χ4v) is 2.96. The van der Waals surface area contributed by atoms with Gasteiger partial charge in [0.15, 0.2) is 0 Å². The number of hydrogen-bond donors (Lipinski definition) is 0. The van der Waals surface area contributed by atoms with Crippen LogP contribution < -0.4 is 0 Å². The van der Waals surface area contributed by atoms with Gasteiger partial charge in [-0.15, -0.1) is 0 Å². The zero-order valence-corrected chi connectivity index (χ0v) is 10.0. The monoisotopic (exact) mass is 198 g/mol. The molecule has 1 heterocycles. The molecule has 0 N–H and O–H groups in total. The first kappa shape index (κ1) is 11.7. The molecular formula is C12H24NO+. The van der Waals surface area contributed by atoms with Gasteiger partial charge in [0.2, 0.25) is 0 Å². The van der Waals surface area contributed by atoms with Crippen molar-refractivity contribution in [2.45, 2.75) is 53.0 Å². The number of hydrogen-bond acceptors (Lipinski definition) is 1. The van der Waals surface area contributed by atoms with E-state index in [1.54, 1.807) is 6.92 Å². The molecular weight excluding hydrogens is 174 g/mol. The minimum atomic E-state index is 0.371. The fraction of sp³-hybridized carbons (Fsp3) is 0.917. The molecule has 1 amide bonds. The Bertz CT molecular complexity index is 212. The minimum absolute atomic E-state index is 0.371. The molecule has 0 bridgehead atoms. The smallest absolute Gasteiger partial charge is 0.259 e. The summed E-state index contributed by atoms with van der Waals surface area (Å²) in [5.74, 6) is 1.08. The lowest BCUT2D eigenvalue weighted by Gasteiger charge is -2.36. The molecule has 2 unspecified atom stereocenters. The molecule has 1 rings (SSSR count). The highest BCUT2D eigenvalue weighted by Crippen LogP contribution is 2.31. The van der Waals surface area contributed by atoms with Crippen molar-refractivity contribution in [2.75, 3.05) is 13.1 Å². The van der Waals surface area contributed by atoms with Crippen LogP contribution in [-0.2, 0) is 4.79 Å². The summed E-state index contributed by atoms with van der Waals surface area (Å²) in [5, 5.41) is 0. The minimum Gasteiger partial charge on any atom is -0.259 e. The van der Waals surface area contributed by atoms with Crippen molar-refractivity contribution in [3.05, 3.63) is 0 Å². The number of carbonyl (C=O) groups is 1. The van der Waals surface area contributed by atoms with E-state index in [9.17, 15) is 4.79 Å². The van der Waals surface area contributed by atoms with Crippen LogP contribution >= 0.6 is 0 Å². The van der Waals surface area contributed by atoms with Gasteiger partial charge in [0.25, 0.3) is 0 Å². The van der Waals surface area contributed by atoms with E-state index in [0.717, 1.165) is 17.6 Å². The number of likely N-dealkylation sites (tertiary alicyclic amines) is 1. The first-order valence-electron chi connectivity index (χ1n) is 5.90. The van der Waals surface area contributed by atoms with Crippen LogP contribution in [-0.4, -0.2) is 29.5 Å². The number of amides is 1. The van der Waals surface area contributed by atoms with Crippen molar-refractivity contribution in [2.24, 2.45) is 5.92 Å². The van der Waals surface area contributed by atoms with Crippen molar-refractivity contribution in [3.63, 3.8) is 0 Å². The molecule has 0 aromatic rings. The molecule has 1 fully saturated rings. The maximum atomic E-state index is 11.8.